The number of hydrogen-bond acceptors (Lipinski definition) is 1. The van der Waals surface area contributed by atoms with Crippen molar-refractivity contribution in [1.29, 1.82) is 0 Å². The van der Waals surface area contributed by atoms with Crippen molar-refractivity contribution in [3.8, 4) is 0 Å². The fourth-order valence-electron chi connectivity index (χ4n) is 1.30. The van der Waals surface area contributed by atoms with Crippen LogP contribution in [-0.2, 0) is 0 Å². The zero-order valence-corrected chi connectivity index (χ0v) is 10.8. The molecule has 0 aliphatic heterocycles. The Balaban J connectivity index is 2.55. The van der Waals surface area contributed by atoms with Crippen molar-refractivity contribution in [2.75, 3.05) is 20.1 Å². The topological polar surface area (TPSA) is 3.24 Å². The molecule has 0 aliphatic rings. The van der Waals surface area contributed by atoms with E-state index in [1.807, 2.05) is 6.08 Å². The third kappa shape index (κ3) is 5.45. The number of benzene rings is 1. The predicted octanol–water partition coefficient (Wildman–Crippen LogP) is 3.74. The molecule has 1 aromatic rings. The molecule has 17 heavy (non-hydrogen) atoms. The molecule has 0 aliphatic carbocycles. The van der Waals surface area contributed by atoms with Crippen molar-refractivity contribution in [2.45, 2.75) is 13.8 Å². The van der Waals surface area contributed by atoms with Crippen LogP contribution in [-0.4, -0.2) is 25.0 Å². The Morgan fingerprint density at radius 1 is 1.29 bits per heavy atom. The van der Waals surface area contributed by atoms with Crippen LogP contribution in [0.15, 0.2) is 42.0 Å². The van der Waals surface area contributed by atoms with Crippen LogP contribution >= 0.6 is 0 Å². The molecule has 0 unspecified atom stereocenters. The van der Waals surface area contributed by atoms with Crippen LogP contribution in [0.3, 0.4) is 0 Å². The third-order valence-corrected chi connectivity index (χ3v) is 2.67. The highest BCUT2D eigenvalue weighted by atomic mass is 19.1. The fraction of sp³-hybridized carbons (Fsp3) is 0.333. The number of likely N-dealkylation sites (N-methyl/N-ethyl adjacent to an activating group) is 1. The van der Waals surface area contributed by atoms with Gasteiger partial charge in [0.05, 0.1) is 0 Å². The Morgan fingerprint density at radius 3 is 2.53 bits per heavy atom. The lowest BCUT2D eigenvalue weighted by Crippen LogP contribution is -2.17. The summed E-state index contributed by atoms with van der Waals surface area (Å²) < 4.78 is 12.7. The van der Waals surface area contributed by atoms with Crippen molar-refractivity contribution in [3.63, 3.8) is 0 Å². The van der Waals surface area contributed by atoms with Gasteiger partial charge in [-0.05, 0) is 38.2 Å². The maximum atomic E-state index is 12.7. The van der Waals surface area contributed by atoms with Crippen LogP contribution in [0.2, 0.25) is 0 Å². The summed E-state index contributed by atoms with van der Waals surface area (Å²) in [5.74, 6) is -0.195. The van der Waals surface area contributed by atoms with Gasteiger partial charge in [0.25, 0.3) is 0 Å². The van der Waals surface area contributed by atoms with E-state index < -0.39 is 0 Å². The molecular weight excluding hydrogens is 213 g/mol. The SMILES string of the molecule is CCN(C)C/C=C(C)/C=C/c1ccc(F)cc1. The number of nitrogens with zero attached hydrogens (tertiary/aromatic N) is 1. The molecular formula is C15H20FN. The second-order valence-corrected chi connectivity index (χ2v) is 4.19. The maximum Gasteiger partial charge on any atom is 0.123 e. The highest BCUT2D eigenvalue weighted by Crippen LogP contribution is 2.07. The van der Waals surface area contributed by atoms with E-state index in [1.54, 1.807) is 12.1 Å². The summed E-state index contributed by atoms with van der Waals surface area (Å²) in [4.78, 5) is 2.23. The maximum absolute atomic E-state index is 12.7. The molecule has 0 radical (unpaired) electrons. The predicted molar refractivity (Wildman–Crippen MR) is 72.4 cm³/mol. The Labute approximate surface area is 103 Å². The number of allylic oxidation sites excluding steroid dienone is 2. The van der Waals surface area contributed by atoms with Gasteiger partial charge < -0.3 is 4.90 Å². The summed E-state index contributed by atoms with van der Waals surface area (Å²) in [6.45, 7) is 6.21. The van der Waals surface area contributed by atoms with E-state index >= 15 is 0 Å². The summed E-state index contributed by atoms with van der Waals surface area (Å²) in [5.41, 5.74) is 2.23. The molecule has 2 heteroatoms. The van der Waals surface area contributed by atoms with Gasteiger partial charge in [0.15, 0.2) is 0 Å². The lowest BCUT2D eigenvalue weighted by molar-refractivity contribution is 0.392. The Morgan fingerprint density at radius 2 is 1.94 bits per heavy atom. The smallest absolute Gasteiger partial charge is 0.123 e. The Bertz CT molecular complexity index is 390. The average molecular weight is 233 g/mol. The van der Waals surface area contributed by atoms with Gasteiger partial charge >= 0.3 is 0 Å². The minimum atomic E-state index is -0.195. The van der Waals surface area contributed by atoms with E-state index in [4.69, 9.17) is 0 Å². The largest absolute Gasteiger partial charge is 0.303 e. The second-order valence-electron chi connectivity index (χ2n) is 4.19. The fourth-order valence-corrected chi connectivity index (χ4v) is 1.30. The first-order chi connectivity index (χ1) is 8.11. The van der Waals surface area contributed by atoms with E-state index in [-0.39, 0.29) is 5.82 Å². The summed E-state index contributed by atoms with van der Waals surface area (Å²) in [6, 6.07) is 6.50. The van der Waals surface area contributed by atoms with E-state index in [0.29, 0.717) is 0 Å². The van der Waals surface area contributed by atoms with Crippen LogP contribution in [0.1, 0.15) is 19.4 Å². The Kier molecular flexibility index (Phi) is 5.64. The standard InChI is InChI=1S/C15H20FN/c1-4-17(3)12-11-13(2)5-6-14-7-9-15(16)10-8-14/h5-11H,4,12H2,1-3H3/b6-5+,13-11+. The Hall–Kier alpha value is -1.41. The summed E-state index contributed by atoms with van der Waals surface area (Å²) in [6.07, 6.45) is 6.23. The van der Waals surface area contributed by atoms with Crippen LogP contribution in [0.25, 0.3) is 6.08 Å². The van der Waals surface area contributed by atoms with E-state index in [0.717, 1.165) is 18.7 Å². The number of rotatable bonds is 5. The lowest BCUT2D eigenvalue weighted by atomic mass is 10.1. The first-order valence-electron chi connectivity index (χ1n) is 5.90. The first-order valence-corrected chi connectivity index (χ1v) is 5.90. The van der Waals surface area contributed by atoms with Crippen molar-refractivity contribution in [2.24, 2.45) is 0 Å². The zero-order chi connectivity index (χ0) is 12.7. The molecule has 0 atom stereocenters. The molecule has 92 valence electrons. The molecule has 0 aromatic heterocycles. The van der Waals surface area contributed by atoms with Gasteiger partial charge in [-0.15, -0.1) is 0 Å². The summed E-state index contributed by atoms with van der Waals surface area (Å²) in [5, 5.41) is 0. The van der Waals surface area contributed by atoms with Crippen molar-refractivity contribution in [3.05, 3.63) is 53.4 Å². The van der Waals surface area contributed by atoms with Crippen LogP contribution < -0.4 is 0 Å². The molecule has 0 N–H and O–H groups in total. The molecule has 1 nitrogen and oxygen atoms in total. The minimum absolute atomic E-state index is 0.195. The van der Waals surface area contributed by atoms with Crippen LogP contribution in [0.4, 0.5) is 4.39 Å². The van der Waals surface area contributed by atoms with E-state index in [1.165, 1.54) is 17.7 Å². The minimum Gasteiger partial charge on any atom is -0.303 e. The number of halogens is 1. The zero-order valence-electron chi connectivity index (χ0n) is 10.8. The molecule has 0 bridgehead atoms. The third-order valence-electron chi connectivity index (χ3n) is 2.67. The van der Waals surface area contributed by atoms with Crippen molar-refractivity contribution < 1.29 is 4.39 Å². The second kappa shape index (κ2) is 7.02. The highest BCUT2D eigenvalue weighted by molar-refractivity contribution is 5.52. The first kappa shape index (κ1) is 13.7. The van der Waals surface area contributed by atoms with E-state index in [2.05, 4.69) is 37.9 Å². The van der Waals surface area contributed by atoms with Gasteiger partial charge in [-0.1, -0.05) is 42.9 Å². The summed E-state index contributed by atoms with van der Waals surface area (Å²) in [7, 11) is 2.09. The normalized spacial score (nSPS) is 12.6. The van der Waals surface area contributed by atoms with Gasteiger partial charge in [0.1, 0.15) is 5.82 Å². The van der Waals surface area contributed by atoms with Crippen molar-refractivity contribution >= 4 is 6.08 Å². The average Bonchev–Trinajstić information content (AvgIpc) is 2.35. The van der Waals surface area contributed by atoms with Crippen LogP contribution in [0.5, 0.6) is 0 Å². The molecule has 0 amide bonds. The molecule has 0 heterocycles. The molecule has 0 saturated carbocycles. The molecule has 0 spiro atoms. The number of hydrogen-bond donors (Lipinski definition) is 0. The molecule has 1 rings (SSSR count). The quantitative estimate of drug-likeness (QED) is 0.700. The van der Waals surface area contributed by atoms with Gasteiger partial charge in [0.2, 0.25) is 0 Å². The van der Waals surface area contributed by atoms with Gasteiger partial charge in [-0.25, -0.2) is 4.39 Å². The molecule has 1 aromatic carbocycles. The highest BCUT2D eigenvalue weighted by Gasteiger charge is 1.91. The van der Waals surface area contributed by atoms with Gasteiger partial charge in [0, 0.05) is 6.54 Å². The van der Waals surface area contributed by atoms with Crippen molar-refractivity contribution in [1.82, 2.24) is 4.90 Å². The van der Waals surface area contributed by atoms with E-state index in [9.17, 15) is 4.39 Å². The monoisotopic (exact) mass is 233 g/mol. The van der Waals surface area contributed by atoms with Gasteiger partial charge in [-0.2, -0.15) is 0 Å². The lowest BCUT2D eigenvalue weighted by Gasteiger charge is -2.10. The van der Waals surface area contributed by atoms with Crippen LogP contribution in [0, 0.1) is 5.82 Å². The van der Waals surface area contributed by atoms with Gasteiger partial charge in [-0.3, -0.25) is 0 Å². The molecule has 0 fully saturated rings. The summed E-state index contributed by atoms with van der Waals surface area (Å²) >= 11 is 0. The molecule has 0 saturated heterocycles.